The third-order valence-corrected chi connectivity index (χ3v) is 2.80. The Hall–Kier alpha value is -1.35. The van der Waals surface area contributed by atoms with Crippen LogP contribution in [0.1, 0.15) is 25.7 Å². The minimum absolute atomic E-state index is 0.0380. The van der Waals surface area contributed by atoms with Gasteiger partial charge in [-0.3, -0.25) is 4.79 Å². The van der Waals surface area contributed by atoms with Crippen molar-refractivity contribution >= 4 is 22.0 Å². The van der Waals surface area contributed by atoms with Gasteiger partial charge in [0.25, 0.3) is 0 Å². The van der Waals surface area contributed by atoms with E-state index < -0.39 is 22.0 Å². The van der Waals surface area contributed by atoms with Crippen LogP contribution < -0.4 is 15.8 Å². The predicted molar refractivity (Wildman–Crippen MR) is 65.5 cm³/mol. The molecule has 0 unspecified atom stereocenters. The van der Waals surface area contributed by atoms with Crippen molar-refractivity contribution in [1.29, 1.82) is 0 Å². The fourth-order valence-electron chi connectivity index (χ4n) is 1.15. The first-order valence-electron chi connectivity index (χ1n) is 5.55. The lowest BCUT2D eigenvalue weighted by Gasteiger charge is -2.06. The van der Waals surface area contributed by atoms with Gasteiger partial charge in [0, 0.05) is 19.5 Å². The summed E-state index contributed by atoms with van der Waals surface area (Å²) in [7, 11) is -3.56. The van der Waals surface area contributed by atoms with E-state index in [9.17, 15) is 18.0 Å². The molecule has 0 saturated carbocycles. The molecule has 0 aliphatic rings. The number of sulfonamides is 1. The van der Waals surface area contributed by atoms with Gasteiger partial charge in [-0.15, -0.1) is 0 Å². The molecule has 0 atom stereocenters. The third-order valence-electron chi connectivity index (χ3n) is 2.03. The molecule has 18 heavy (non-hydrogen) atoms. The van der Waals surface area contributed by atoms with Gasteiger partial charge in [-0.1, -0.05) is 6.42 Å². The summed E-state index contributed by atoms with van der Waals surface area (Å²) in [5.41, 5.74) is 0. The average Bonchev–Trinajstić information content (AvgIpc) is 2.20. The van der Waals surface area contributed by atoms with Gasteiger partial charge in [0.15, 0.2) is 0 Å². The molecule has 0 rings (SSSR count). The molecule has 106 valence electrons. The number of nitrogens with one attached hydrogen (secondary N) is 2. The fraction of sp³-hybridized carbons (Fsp3) is 0.778. The van der Waals surface area contributed by atoms with Crippen molar-refractivity contribution in [2.75, 3.05) is 18.8 Å². The molecule has 9 heteroatoms. The number of carbonyl (C=O) groups excluding carboxylic acids is 1. The molecule has 0 aliphatic heterocycles. The summed E-state index contributed by atoms with van der Waals surface area (Å²) in [5, 5.41) is 18.0. The summed E-state index contributed by atoms with van der Waals surface area (Å²) in [6.45, 7) is 0.379. The number of urea groups is 1. The quantitative estimate of drug-likeness (QED) is 0.410. The first-order valence-corrected chi connectivity index (χ1v) is 7.27. The minimum Gasteiger partial charge on any atom is -0.481 e. The Morgan fingerprint density at radius 2 is 1.67 bits per heavy atom. The van der Waals surface area contributed by atoms with Gasteiger partial charge in [-0.05, 0) is 12.8 Å². The zero-order valence-corrected chi connectivity index (χ0v) is 10.8. The molecule has 0 aromatic rings. The van der Waals surface area contributed by atoms with Crippen LogP contribution in [0.2, 0.25) is 0 Å². The van der Waals surface area contributed by atoms with E-state index in [2.05, 4.69) is 10.6 Å². The highest BCUT2D eigenvalue weighted by atomic mass is 32.2. The SMILES string of the molecule is NS(=O)(=O)CCNC(=O)NCCCCCC(=O)O. The van der Waals surface area contributed by atoms with E-state index >= 15 is 0 Å². The molecule has 0 aliphatic carbocycles. The molecule has 0 aromatic heterocycles. The number of primary sulfonamides is 1. The second-order valence-electron chi connectivity index (χ2n) is 3.75. The topological polar surface area (TPSA) is 139 Å². The van der Waals surface area contributed by atoms with Crippen molar-refractivity contribution in [2.24, 2.45) is 5.14 Å². The first-order chi connectivity index (χ1) is 8.31. The number of carbonyl (C=O) groups is 2. The molecule has 0 fully saturated rings. The van der Waals surface area contributed by atoms with Crippen LogP contribution in [0.5, 0.6) is 0 Å². The van der Waals surface area contributed by atoms with Gasteiger partial charge >= 0.3 is 12.0 Å². The van der Waals surface area contributed by atoms with Crippen LogP contribution in [0.15, 0.2) is 0 Å². The molecule has 5 N–H and O–H groups in total. The highest BCUT2D eigenvalue weighted by molar-refractivity contribution is 7.89. The second kappa shape index (κ2) is 8.70. The molecular weight excluding hydrogens is 262 g/mol. The molecule has 2 amide bonds. The second-order valence-corrected chi connectivity index (χ2v) is 5.49. The van der Waals surface area contributed by atoms with Crippen LogP contribution in [-0.4, -0.2) is 44.4 Å². The van der Waals surface area contributed by atoms with Crippen molar-refractivity contribution in [3.05, 3.63) is 0 Å². The fourth-order valence-corrected chi connectivity index (χ4v) is 1.54. The number of carboxylic acids is 1. The Labute approximate surface area is 106 Å². The average molecular weight is 281 g/mol. The molecule has 0 saturated heterocycles. The highest BCUT2D eigenvalue weighted by Gasteiger charge is 2.04. The number of rotatable bonds is 9. The van der Waals surface area contributed by atoms with Crippen LogP contribution in [0.3, 0.4) is 0 Å². The van der Waals surface area contributed by atoms with Crippen molar-refractivity contribution in [1.82, 2.24) is 10.6 Å². The summed E-state index contributed by atoms with van der Waals surface area (Å²) in [4.78, 5) is 21.3. The monoisotopic (exact) mass is 281 g/mol. The number of nitrogens with two attached hydrogens (primary N) is 1. The Bertz CT molecular complexity index is 368. The van der Waals surface area contributed by atoms with Crippen molar-refractivity contribution in [3.8, 4) is 0 Å². The highest BCUT2D eigenvalue weighted by Crippen LogP contribution is 1.98. The summed E-state index contributed by atoms with van der Waals surface area (Å²) < 4.78 is 21.1. The summed E-state index contributed by atoms with van der Waals surface area (Å²) in [6.07, 6.45) is 2.09. The van der Waals surface area contributed by atoms with E-state index in [1.807, 2.05) is 0 Å². The van der Waals surface area contributed by atoms with E-state index in [0.29, 0.717) is 25.8 Å². The smallest absolute Gasteiger partial charge is 0.314 e. The Morgan fingerprint density at radius 1 is 1.06 bits per heavy atom. The number of hydrogen-bond donors (Lipinski definition) is 4. The number of amides is 2. The lowest BCUT2D eigenvalue weighted by atomic mass is 10.2. The zero-order valence-electron chi connectivity index (χ0n) is 10.0. The maximum atomic E-state index is 11.1. The third kappa shape index (κ3) is 12.7. The summed E-state index contributed by atoms with van der Waals surface area (Å²) in [6, 6.07) is -0.461. The molecular formula is C9H19N3O5S. The first kappa shape index (κ1) is 16.6. The van der Waals surface area contributed by atoms with Crippen LogP contribution in [-0.2, 0) is 14.8 Å². The molecule has 0 spiro atoms. The van der Waals surface area contributed by atoms with Gasteiger partial charge in [0.1, 0.15) is 0 Å². The minimum atomic E-state index is -3.56. The number of unbranched alkanes of at least 4 members (excludes halogenated alkanes) is 2. The predicted octanol–water partition coefficient (Wildman–Crippen LogP) is -0.781. The largest absolute Gasteiger partial charge is 0.481 e. The zero-order chi connectivity index (χ0) is 14.0. The van der Waals surface area contributed by atoms with Crippen LogP contribution in [0.25, 0.3) is 0 Å². The number of carboxylic acid groups (broad SMARTS) is 1. The summed E-state index contributed by atoms with van der Waals surface area (Å²) >= 11 is 0. The lowest BCUT2D eigenvalue weighted by Crippen LogP contribution is -2.39. The molecule has 0 bridgehead atoms. The standard InChI is InChI=1S/C9H19N3O5S/c10-18(16,17)7-6-12-9(15)11-5-3-1-2-4-8(13)14/h1-7H2,(H,13,14)(H2,10,16,17)(H2,11,12,15). The Kier molecular flexibility index (Phi) is 8.05. The molecule has 8 nitrogen and oxygen atoms in total. The van der Waals surface area contributed by atoms with Gasteiger partial charge in [0.2, 0.25) is 10.0 Å². The van der Waals surface area contributed by atoms with E-state index in [4.69, 9.17) is 10.2 Å². The van der Waals surface area contributed by atoms with Gasteiger partial charge in [-0.2, -0.15) is 0 Å². The van der Waals surface area contributed by atoms with Gasteiger partial charge < -0.3 is 15.7 Å². The normalized spacial score (nSPS) is 10.9. The van der Waals surface area contributed by atoms with E-state index in [1.54, 1.807) is 0 Å². The van der Waals surface area contributed by atoms with Crippen LogP contribution >= 0.6 is 0 Å². The van der Waals surface area contributed by atoms with Crippen molar-refractivity contribution < 1.29 is 23.1 Å². The molecule has 0 aromatic carbocycles. The number of aliphatic carboxylic acids is 1. The van der Waals surface area contributed by atoms with Gasteiger partial charge in [-0.25, -0.2) is 18.4 Å². The van der Waals surface area contributed by atoms with E-state index in [1.165, 1.54) is 0 Å². The van der Waals surface area contributed by atoms with E-state index in [0.717, 1.165) is 0 Å². The maximum Gasteiger partial charge on any atom is 0.314 e. The molecule has 0 radical (unpaired) electrons. The van der Waals surface area contributed by atoms with Crippen molar-refractivity contribution in [3.63, 3.8) is 0 Å². The Balaban J connectivity index is 3.40. The van der Waals surface area contributed by atoms with Gasteiger partial charge in [0.05, 0.1) is 5.75 Å². The maximum absolute atomic E-state index is 11.1. The summed E-state index contributed by atoms with van der Waals surface area (Å²) in [5.74, 6) is -1.14. The van der Waals surface area contributed by atoms with Crippen molar-refractivity contribution in [2.45, 2.75) is 25.7 Å². The molecule has 0 heterocycles. The Morgan fingerprint density at radius 3 is 2.22 bits per heavy atom. The lowest BCUT2D eigenvalue weighted by molar-refractivity contribution is -0.137. The van der Waals surface area contributed by atoms with E-state index in [-0.39, 0.29) is 18.7 Å². The van der Waals surface area contributed by atoms with Crippen LogP contribution in [0, 0.1) is 0 Å². The number of hydrogen-bond acceptors (Lipinski definition) is 4. The van der Waals surface area contributed by atoms with Crippen LogP contribution in [0.4, 0.5) is 4.79 Å².